The van der Waals surface area contributed by atoms with Gasteiger partial charge in [0, 0.05) is 0 Å². The molecule has 0 saturated carbocycles. The van der Waals surface area contributed by atoms with Gasteiger partial charge in [-0.25, -0.2) is 0 Å². The Hall–Kier alpha value is -0.740. The fraction of sp³-hybridized carbons (Fsp3) is 0.375. The van der Waals surface area contributed by atoms with Gasteiger partial charge in [-0.3, -0.25) is 0 Å². The van der Waals surface area contributed by atoms with E-state index in [4.69, 9.17) is 0 Å². The maximum Gasteiger partial charge on any atom is -0.00825 e. The number of rotatable bonds is 2. The molecule has 0 radical (unpaired) electrons. The summed E-state index contributed by atoms with van der Waals surface area (Å²) in [5.41, 5.74) is 3.06. The van der Waals surface area contributed by atoms with Crippen molar-refractivity contribution in [2.24, 2.45) is 5.92 Å². The van der Waals surface area contributed by atoms with E-state index in [1.807, 2.05) is 6.08 Å². The van der Waals surface area contributed by atoms with Crippen LogP contribution in [0.15, 0.2) is 30.5 Å². The third-order valence-corrected chi connectivity index (χ3v) is 1.34. The SMILES string of the molecule is C=CCC1C=C=CC1. The fourth-order valence-corrected chi connectivity index (χ4v) is 0.870. The van der Waals surface area contributed by atoms with Gasteiger partial charge in [0.25, 0.3) is 0 Å². The Balaban J connectivity index is 2.31. The van der Waals surface area contributed by atoms with Crippen LogP contribution in [0.3, 0.4) is 0 Å². The zero-order valence-electron chi connectivity index (χ0n) is 4.93. The minimum atomic E-state index is 0.701. The predicted molar refractivity (Wildman–Crippen MR) is 35.6 cm³/mol. The Morgan fingerprint density at radius 1 is 1.88 bits per heavy atom. The van der Waals surface area contributed by atoms with E-state index in [2.05, 4.69) is 24.5 Å². The summed E-state index contributed by atoms with van der Waals surface area (Å²) in [6.07, 6.45) is 8.41. The normalized spacial score (nSPS) is 24.2. The summed E-state index contributed by atoms with van der Waals surface area (Å²) < 4.78 is 0. The third-order valence-electron chi connectivity index (χ3n) is 1.34. The second-order valence-electron chi connectivity index (χ2n) is 2.06. The molecule has 0 heteroatoms. The Kier molecular flexibility index (Phi) is 1.71. The van der Waals surface area contributed by atoms with Crippen molar-refractivity contribution in [2.45, 2.75) is 12.8 Å². The maximum atomic E-state index is 3.66. The highest BCUT2D eigenvalue weighted by Crippen LogP contribution is 2.14. The summed E-state index contributed by atoms with van der Waals surface area (Å²) in [7, 11) is 0. The van der Waals surface area contributed by atoms with Crippen LogP contribution in [-0.4, -0.2) is 0 Å². The molecule has 1 unspecified atom stereocenters. The molecule has 0 spiro atoms. The highest BCUT2D eigenvalue weighted by molar-refractivity contribution is 5.01. The van der Waals surface area contributed by atoms with Gasteiger partial charge in [-0.15, -0.1) is 12.3 Å². The lowest BCUT2D eigenvalue weighted by Gasteiger charge is -1.98. The molecule has 0 N–H and O–H groups in total. The average molecular weight is 106 g/mol. The predicted octanol–water partition coefficient (Wildman–Crippen LogP) is 2.29. The first-order chi connectivity index (χ1) is 3.93. The quantitative estimate of drug-likeness (QED) is 0.374. The molecular formula is C8H10. The van der Waals surface area contributed by atoms with Crippen LogP contribution in [0.5, 0.6) is 0 Å². The van der Waals surface area contributed by atoms with Crippen molar-refractivity contribution in [3.63, 3.8) is 0 Å². The van der Waals surface area contributed by atoms with Crippen molar-refractivity contribution >= 4 is 0 Å². The van der Waals surface area contributed by atoms with Gasteiger partial charge in [0.15, 0.2) is 0 Å². The van der Waals surface area contributed by atoms with Gasteiger partial charge in [-0.2, -0.15) is 0 Å². The van der Waals surface area contributed by atoms with Crippen molar-refractivity contribution in [2.75, 3.05) is 0 Å². The van der Waals surface area contributed by atoms with Crippen molar-refractivity contribution in [3.05, 3.63) is 30.5 Å². The zero-order chi connectivity index (χ0) is 5.82. The molecule has 0 aromatic rings. The molecule has 0 fully saturated rings. The standard InChI is InChI=1S/C8H10/c1-2-5-8-6-3-4-7-8/h2-3,7-8H,1,5-6H2. The zero-order valence-corrected chi connectivity index (χ0v) is 4.93. The number of allylic oxidation sites excluding steroid dienone is 2. The summed E-state index contributed by atoms with van der Waals surface area (Å²) in [5, 5.41) is 0. The van der Waals surface area contributed by atoms with E-state index in [0.29, 0.717) is 5.92 Å². The van der Waals surface area contributed by atoms with Gasteiger partial charge in [0.1, 0.15) is 0 Å². The third kappa shape index (κ3) is 1.11. The van der Waals surface area contributed by atoms with E-state index in [1.165, 1.54) is 0 Å². The summed E-state index contributed by atoms with van der Waals surface area (Å²) in [6.45, 7) is 3.66. The maximum absolute atomic E-state index is 3.66. The van der Waals surface area contributed by atoms with Gasteiger partial charge in [-0.05, 0) is 30.9 Å². The summed E-state index contributed by atoms with van der Waals surface area (Å²) in [4.78, 5) is 0. The highest BCUT2D eigenvalue weighted by Gasteiger charge is 2.01. The second-order valence-corrected chi connectivity index (χ2v) is 2.06. The monoisotopic (exact) mass is 106 g/mol. The molecule has 0 nitrogen and oxygen atoms in total. The lowest BCUT2D eigenvalue weighted by molar-refractivity contribution is 0.693. The molecule has 0 bridgehead atoms. The van der Waals surface area contributed by atoms with Gasteiger partial charge >= 0.3 is 0 Å². The van der Waals surface area contributed by atoms with Crippen LogP contribution in [0.2, 0.25) is 0 Å². The molecule has 42 valence electrons. The van der Waals surface area contributed by atoms with Gasteiger partial charge in [0.2, 0.25) is 0 Å². The minimum absolute atomic E-state index is 0.701. The van der Waals surface area contributed by atoms with E-state index in [0.717, 1.165) is 12.8 Å². The first-order valence-corrected chi connectivity index (χ1v) is 2.95. The van der Waals surface area contributed by atoms with Crippen molar-refractivity contribution in [3.8, 4) is 0 Å². The largest absolute Gasteiger partial charge is 0.129 e. The molecule has 0 aromatic carbocycles. The van der Waals surface area contributed by atoms with Crippen LogP contribution < -0.4 is 0 Å². The van der Waals surface area contributed by atoms with Crippen LogP contribution in [-0.2, 0) is 0 Å². The molecule has 1 aliphatic rings. The molecule has 0 saturated heterocycles. The molecule has 0 aliphatic heterocycles. The molecule has 1 atom stereocenters. The van der Waals surface area contributed by atoms with Crippen molar-refractivity contribution < 1.29 is 0 Å². The minimum Gasteiger partial charge on any atom is -0.129 e. The van der Waals surface area contributed by atoms with Gasteiger partial charge in [-0.1, -0.05) is 6.08 Å². The molecule has 0 aromatic heterocycles. The molecule has 0 amide bonds. The van der Waals surface area contributed by atoms with E-state index in [9.17, 15) is 0 Å². The smallest absolute Gasteiger partial charge is 0.00825 e. The van der Waals surface area contributed by atoms with Crippen molar-refractivity contribution in [1.82, 2.24) is 0 Å². The molecular weight excluding hydrogens is 96.1 g/mol. The van der Waals surface area contributed by atoms with E-state index >= 15 is 0 Å². The Morgan fingerprint density at radius 2 is 2.75 bits per heavy atom. The lowest BCUT2D eigenvalue weighted by Crippen LogP contribution is -1.86. The Morgan fingerprint density at radius 3 is 3.25 bits per heavy atom. The highest BCUT2D eigenvalue weighted by atomic mass is 14.1. The second kappa shape index (κ2) is 2.54. The summed E-state index contributed by atoms with van der Waals surface area (Å²) in [5.74, 6) is 0.701. The van der Waals surface area contributed by atoms with E-state index < -0.39 is 0 Å². The van der Waals surface area contributed by atoms with Crippen LogP contribution >= 0.6 is 0 Å². The number of hydrogen-bond acceptors (Lipinski definition) is 0. The lowest BCUT2D eigenvalue weighted by atomic mass is 10.1. The van der Waals surface area contributed by atoms with E-state index in [-0.39, 0.29) is 0 Å². The Labute approximate surface area is 50.2 Å². The molecule has 8 heavy (non-hydrogen) atoms. The molecule has 0 heterocycles. The van der Waals surface area contributed by atoms with Gasteiger partial charge < -0.3 is 0 Å². The number of hydrogen-bond donors (Lipinski definition) is 0. The van der Waals surface area contributed by atoms with E-state index in [1.54, 1.807) is 0 Å². The van der Waals surface area contributed by atoms with Crippen LogP contribution in [0.4, 0.5) is 0 Å². The fourth-order valence-electron chi connectivity index (χ4n) is 0.870. The van der Waals surface area contributed by atoms with Crippen molar-refractivity contribution in [1.29, 1.82) is 0 Å². The molecule has 1 rings (SSSR count). The average Bonchev–Trinajstić information content (AvgIpc) is 2.19. The van der Waals surface area contributed by atoms with Crippen LogP contribution in [0, 0.1) is 5.92 Å². The topological polar surface area (TPSA) is 0 Å². The Bertz CT molecular complexity index is 136. The summed E-state index contributed by atoms with van der Waals surface area (Å²) >= 11 is 0. The summed E-state index contributed by atoms with van der Waals surface area (Å²) in [6, 6.07) is 0. The first kappa shape index (κ1) is 5.40. The van der Waals surface area contributed by atoms with Crippen LogP contribution in [0.25, 0.3) is 0 Å². The first-order valence-electron chi connectivity index (χ1n) is 2.95. The van der Waals surface area contributed by atoms with Gasteiger partial charge in [0.05, 0.1) is 0 Å². The van der Waals surface area contributed by atoms with Crippen LogP contribution in [0.1, 0.15) is 12.8 Å². The molecule has 1 aliphatic carbocycles.